The van der Waals surface area contributed by atoms with Crippen molar-refractivity contribution >= 4 is 27.3 Å². The molecule has 0 aliphatic carbocycles. The Balaban J connectivity index is 0.000000122. The smallest absolute Gasteiger partial charge is 0.136 e. The van der Waals surface area contributed by atoms with Crippen molar-refractivity contribution < 1.29 is 15.0 Å². The first-order valence-electron chi connectivity index (χ1n) is 32.4. The van der Waals surface area contributed by atoms with Crippen molar-refractivity contribution in [2.24, 2.45) is 0 Å². The summed E-state index contributed by atoms with van der Waals surface area (Å²) >= 11 is 3.40. The van der Waals surface area contributed by atoms with Crippen molar-refractivity contribution in [3.05, 3.63) is 254 Å². The molecule has 0 aromatic heterocycles. The van der Waals surface area contributed by atoms with Crippen LogP contribution in [0.2, 0.25) is 0 Å². The topological polar surface area (TPSA) is 79.3 Å². The zero-order valence-corrected chi connectivity index (χ0v) is 53.5. The molecular weight excluding hydrogens is 1120 g/mol. The highest BCUT2D eigenvalue weighted by atomic mass is 79.9. The van der Waals surface area contributed by atoms with Crippen molar-refractivity contribution in [1.29, 1.82) is 0 Å². The molecule has 8 heterocycles. The van der Waals surface area contributed by atoms with Crippen LogP contribution in [0, 0.1) is 27.7 Å². The van der Waals surface area contributed by atoms with Gasteiger partial charge < -0.3 is 15.5 Å². The second-order valence-electron chi connectivity index (χ2n) is 25.9. The zero-order chi connectivity index (χ0) is 60.0. The standard InChI is InChI=1S/C21H25NO.C21H23N.C14H17NO.C14H19N.C7H7Br.CH4O/c1-16-7-5-6-10-20(16)21(23)13-18-11-12-19(14-21)22(18)15-17-8-3-2-4-9-17;1-16-7-5-6-10-21(16)18-13-19-11-12-20(14-18)22(19)15-17-8-3-2-4-9-17;16-14-8-12-6-7-13(9-14)15(12)10-11-4-2-1-3-5-11;1-10-4-2-3-5-14(10)11-8-12-6-7-13(9-11)15-12;1-6-4-2-3-5-7(6)8;1-2/h2-10,18-19,23H,11-15H2,1H3;2-10,13,19-20H,11-12,14-15H2,1H3;1-5,12-13H,6-10H2;2-5,11-13,15H,6-9H2,1H3;2-5H,1H3;2H,1H3. The third-order valence-corrected chi connectivity index (χ3v) is 21.0. The zero-order valence-electron chi connectivity index (χ0n) is 51.9. The Bertz CT molecular complexity index is 3220. The lowest BCUT2D eigenvalue weighted by Crippen LogP contribution is -2.49. The predicted molar refractivity (Wildman–Crippen MR) is 359 cm³/mol. The number of nitrogens with one attached hydrogen (secondary N) is 1. The molecule has 0 radical (unpaired) electrons. The van der Waals surface area contributed by atoms with Crippen LogP contribution in [-0.2, 0) is 30.0 Å². The van der Waals surface area contributed by atoms with E-state index in [9.17, 15) is 9.90 Å². The minimum Gasteiger partial charge on any atom is -0.400 e. The number of hydrogen-bond donors (Lipinski definition) is 3. The minimum absolute atomic E-state index is 0.469. The lowest BCUT2D eigenvalue weighted by Gasteiger charge is -2.44. The third kappa shape index (κ3) is 16.1. The highest BCUT2D eigenvalue weighted by molar-refractivity contribution is 9.10. The van der Waals surface area contributed by atoms with Crippen molar-refractivity contribution in [3.63, 3.8) is 0 Å². The number of piperidine rings is 3. The van der Waals surface area contributed by atoms with Crippen LogP contribution in [0.5, 0.6) is 0 Å². The van der Waals surface area contributed by atoms with Gasteiger partial charge in [-0.1, -0.05) is 204 Å². The van der Waals surface area contributed by atoms with Crippen LogP contribution in [0.4, 0.5) is 0 Å². The molecular formula is C78H95BrN4O3. The fourth-order valence-corrected chi connectivity index (χ4v) is 16.1. The van der Waals surface area contributed by atoms with Crippen LogP contribution in [0.1, 0.15) is 158 Å². The second kappa shape index (κ2) is 30.4. The van der Waals surface area contributed by atoms with Crippen molar-refractivity contribution in [3.8, 4) is 0 Å². The van der Waals surface area contributed by atoms with Crippen LogP contribution in [-0.4, -0.2) is 86.1 Å². The van der Waals surface area contributed by atoms with E-state index in [0.29, 0.717) is 42.0 Å². The van der Waals surface area contributed by atoms with Gasteiger partial charge in [0.25, 0.3) is 0 Å². The normalized spacial score (nSPS) is 26.8. The molecule has 8 heteroatoms. The lowest BCUT2D eigenvalue weighted by molar-refractivity contribution is -0.123. The molecule has 0 spiro atoms. The van der Waals surface area contributed by atoms with Crippen LogP contribution < -0.4 is 5.32 Å². The monoisotopic (exact) mass is 1210 g/mol. The largest absolute Gasteiger partial charge is 0.400 e. The van der Waals surface area contributed by atoms with Gasteiger partial charge in [-0.05, 0) is 184 Å². The van der Waals surface area contributed by atoms with Crippen LogP contribution in [0.25, 0.3) is 5.57 Å². The van der Waals surface area contributed by atoms with Gasteiger partial charge in [0, 0.05) is 92.4 Å². The molecule has 7 aromatic rings. The Morgan fingerprint density at radius 1 is 0.465 bits per heavy atom. The highest BCUT2D eigenvalue weighted by Gasteiger charge is 2.48. The van der Waals surface area contributed by atoms with Gasteiger partial charge in [0.05, 0.1) is 5.60 Å². The van der Waals surface area contributed by atoms with Gasteiger partial charge in [0.15, 0.2) is 0 Å². The van der Waals surface area contributed by atoms with E-state index >= 15 is 0 Å². The first kappa shape index (κ1) is 63.2. The molecule has 7 nitrogen and oxygen atoms in total. The van der Waals surface area contributed by atoms with Gasteiger partial charge in [0.2, 0.25) is 0 Å². The van der Waals surface area contributed by atoms with Gasteiger partial charge in [0.1, 0.15) is 5.78 Å². The molecule has 7 fully saturated rings. The number of fused-ring (bicyclic) bond motifs is 8. The maximum atomic E-state index is 11.5. The molecule has 0 amide bonds. The first-order chi connectivity index (χ1) is 41.9. The molecule has 7 aromatic carbocycles. The van der Waals surface area contributed by atoms with E-state index in [2.05, 4.69) is 240 Å². The van der Waals surface area contributed by atoms with E-state index < -0.39 is 5.60 Å². The number of nitrogens with zero attached hydrogens (tertiary/aromatic N) is 3. The van der Waals surface area contributed by atoms with Crippen LogP contribution in [0.3, 0.4) is 0 Å². The predicted octanol–water partition coefficient (Wildman–Crippen LogP) is 16.6. The van der Waals surface area contributed by atoms with Crippen molar-refractivity contribution in [1.82, 2.24) is 20.0 Å². The average Bonchev–Trinajstić information content (AvgIpc) is 2.05. The van der Waals surface area contributed by atoms with E-state index in [4.69, 9.17) is 5.11 Å². The van der Waals surface area contributed by atoms with E-state index in [-0.39, 0.29) is 0 Å². The first-order valence-corrected chi connectivity index (χ1v) is 33.2. The van der Waals surface area contributed by atoms with E-state index in [1.165, 1.54) is 120 Å². The van der Waals surface area contributed by atoms with Gasteiger partial charge in [-0.15, -0.1) is 0 Å². The Kier molecular flexibility index (Phi) is 22.3. The Hall–Kier alpha value is -5.81. The summed E-state index contributed by atoms with van der Waals surface area (Å²) in [6.45, 7) is 11.8. The third-order valence-electron chi connectivity index (χ3n) is 20.1. The Morgan fingerprint density at radius 2 is 0.895 bits per heavy atom. The summed E-state index contributed by atoms with van der Waals surface area (Å²) < 4.78 is 1.18. The average molecular weight is 1220 g/mol. The maximum Gasteiger partial charge on any atom is 0.136 e. The van der Waals surface area contributed by atoms with E-state index in [0.717, 1.165) is 76.0 Å². The summed E-state index contributed by atoms with van der Waals surface area (Å²) in [5.74, 6) is 1.28. The number of halogens is 1. The Morgan fingerprint density at radius 3 is 1.40 bits per heavy atom. The van der Waals surface area contributed by atoms with Gasteiger partial charge in [-0.3, -0.25) is 19.5 Å². The van der Waals surface area contributed by atoms with Gasteiger partial charge >= 0.3 is 0 Å². The molecule has 15 rings (SSSR count). The molecule has 8 bridgehead atoms. The maximum absolute atomic E-state index is 11.5. The van der Waals surface area contributed by atoms with Crippen molar-refractivity contribution in [2.75, 3.05) is 7.11 Å². The van der Waals surface area contributed by atoms with E-state index in [1.54, 1.807) is 11.1 Å². The minimum atomic E-state index is -0.648. The fourth-order valence-electron chi connectivity index (χ4n) is 15.8. The van der Waals surface area contributed by atoms with Crippen LogP contribution >= 0.6 is 15.9 Å². The lowest BCUT2D eigenvalue weighted by atomic mass is 9.78. The molecule has 8 aliphatic heterocycles. The SMILES string of the molecule is CO.Cc1ccccc1Br.Cc1ccccc1C1(O)CC2CCC(C1)N2Cc1ccccc1.Cc1ccccc1C1=CC2CCC(C1)N2Cc1ccccc1.Cc1ccccc1C1CC2CCC(C1)N2.O=C1CC2CCC(C1)N2Cc1ccccc1. The number of aliphatic hydroxyl groups is 2. The summed E-state index contributed by atoms with van der Waals surface area (Å²) in [6, 6.07) is 71.4. The molecule has 8 atom stereocenters. The number of carbonyl (C=O) groups excluding carboxylic acids is 1. The molecule has 86 heavy (non-hydrogen) atoms. The number of aryl methyl sites for hydroxylation is 4. The van der Waals surface area contributed by atoms with E-state index in [1.807, 2.05) is 18.2 Å². The summed E-state index contributed by atoms with van der Waals surface area (Å²) in [6.07, 6.45) is 20.0. The molecule has 3 N–H and O–H groups in total. The molecule has 8 aliphatic rings. The molecule has 7 saturated heterocycles. The van der Waals surface area contributed by atoms with Crippen LogP contribution in [0.15, 0.2) is 199 Å². The number of Topliss-reactive ketones (excluding diaryl/α,β-unsaturated/α-hetero) is 1. The quantitative estimate of drug-likeness (QED) is 0.133. The van der Waals surface area contributed by atoms with Gasteiger partial charge in [-0.25, -0.2) is 0 Å². The summed E-state index contributed by atoms with van der Waals surface area (Å²) in [4.78, 5) is 19.4. The fraction of sp³-hybridized carbons (Fsp3) is 0.423. The summed E-state index contributed by atoms with van der Waals surface area (Å²) in [5.41, 5.74) is 14.7. The van der Waals surface area contributed by atoms with Crippen molar-refractivity contribution in [2.45, 2.75) is 203 Å². The summed E-state index contributed by atoms with van der Waals surface area (Å²) in [5, 5.41) is 22.1. The second-order valence-corrected chi connectivity index (χ2v) is 26.7. The number of ketones is 1. The number of rotatable bonds is 9. The molecule has 8 unspecified atom stereocenters. The highest BCUT2D eigenvalue weighted by Crippen LogP contribution is 2.47. The molecule has 0 saturated carbocycles. The summed E-state index contributed by atoms with van der Waals surface area (Å²) in [7, 11) is 1.00. The number of benzene rings is 7. The number of hydrogen-bond acceptors (Lipinski definition) is 7. The van der Waals surface area contributed by atoms with Gasteiger partial charge in [-0.2, -0.15) is 0 Å². The number of carbonyl (C=O) groups is 1. The number of aliphatic hydroxyl groups excluding tert-OH is 1. The molecule has 452 valence electrons. The Labute approximate surface area is 524 Å².